The molecule has 1 saturated heterocycles. The van der Waals surface area contributed by atoms with Gasteiger partial charge in [0.1, 0.15) is 24.9 Å². The topological polar surface area (TPSA) is 116 Å². The maximum absolute atomic E-state index is 10.5. The van der Waals surface area contributed by atoms with Gasteiger partial charge in [-0.15, -0.1) is 0 Å². The van der Waals surface area contributed by atoms with Crippen LogP contribution in [0.4, 0.5) is 0 Å². The Balaban J connectivity index is 2.63. The SMILES string of the molecule is CC(=O)OC[C@@]1(O)OC[C@@H](O)[C@@H](O)[C@@H]1O. The minimum absolute atomic E-state index is 0.351. The molecule has 0 bridgehead atoms. The van der Waals surface area contributed by atoms with E-state index in [1.165, 1.54) is 0 Å². The molecule has 0 spiro atoms. The Morgan fingerprint density at radius 3 is 2.67 bits per heavy atom. The number of hydrogen-bond acceptors (Lipinski definition) is 7. The molecule has 0 aliphatic carbocycles. The maximum Gasteiger partial charge on any atom is 0.302 e. The average molecular weight is 222 g/mol. The van der Waals surface area contributed by atoms with Crippen LogP contribution >= 0.6 is 0 Å². The van der Waals surface area contributed by atoms with E-state index in [0.29, 0.717) is 0 Å². The van der Waals surface area contributed by atoms with Crippen molar-refractivity contribution >= 4 is 5.97 Å². The standard InChI is InChI=1S/C8H14O7/c1-4(9)14-3-8(13)7(12)6(11)5(10)2-15-8/h5-7,10-13H,2-3H2,1H3/t5-,6-,7+,8-/m1/s1. The van der Waals surface area contributed by atoms with Gasteiger partial charge in [0.05, 0.1) is 6.61 Å². The van der Waals surface area contributed by atoms with Crippen LogP contribution in [0.1, 0.15) is 6.92 Å². The van der Waals surface area contributed by atoms with Crippen molar-refractivity contribution in [1.82, 2.24) is 0 Å². The molecule has 1 rings (SSSR count). The summed E-state index contributed by atoms with van der Waals surface area (Å²) >= 11 is 0. The van der Waals surface area contributed by atoms with Crippen LogP contribution in [-0.4, -0.2) is 63.7 Å². The summed E-state index contributed by atoms with van der Waals surface area (Å²) in [6, 6.07) is 0. The lowest BCUT2D eigenvalue weighted by Gasteiger charge is -2.40. The van der Waals surface area contributed by atoms with Crippen LogP contribution in [0, 0.1) is 0 Å². The number of aliphatic hydroxyl groups excluding tert-OH is 3. The molecule has 0 radical (unpaired) electrons. The lowest BCUT2D eigenvalue weighted by Crippen LogP contribution is -2.62. The summed E-state index contributed by atoms with van der Waals surface area (Å²) < 4.78 is 9.20. The number of carbonyl (C=O) groups excluding carboxylic acids is 1. The molecule has 0 unspecified atom stereocenters. The van der Waals surface area contributed by atoms with E-state index in [0.717, 1.165) is 6.92 Å². The van der Waals surface area contributed by atoms with Crippen molar-refractivity contribution in [2.24, 2.45) is 0 Å². The van der Waals surface area contributed by atoms with Crippen molar-refractivity contribution in [3.8, 4) is 0 Å². The van der Waals surface area contributed by atoms with Gasteiger partial charge in [0.2, 0.25) is 5.79 Å². The highest BCUT2D eigenvalue weighted by atomic mass is 16.7. The third-order valence-electron chi connectivity index (χ3n) is 2.17. The second kappa shape index (κ2) is 4.42. The molecule has 7 heteroatoms. The molecule has 15 heavy (non-hydrogen) atoms. The summed E-state index contributed by atoms with van der Waals surface area (Å²) in [5, 5.41) is 37.4. The van der Waals surface area contributed by atoms with E-state index in [-0.39, 0.29) is 6.61 Å². The van der Waals surface area contributed by atoms with E-state index in [1.807, 2.05) is 0 Å². The zero-order valence-electron chi connectivity index (χ0n) is 8.16. The summed E-state index contributed by atoms with van der Waals surface area (Å²) in [6.45, 7) is 0.174. The van der Waals surface area contributed by atoms with Gasteiger partial charge in [0.15, 0.2) is 0 Å². The monoisotopic (exact) mass is 222 g/mol. The van der Waals surface area contributed by atoms with Gasteiger partial charge in [-0.1, -0.05) is 0 Å². The number of carbonyl (C=O) groups is 1. The third kappa shape index (κ3) is 2.64. The highest BCUT2D eigenvalue weighted by molar-refractivity contribution is 5.65. The van der Waals surface area contributed by atoms with Gasteiger partial charge in [-0.05, 0) is 0 Å². The molecule has 0 aromatic heterocycles. The van der Waals surface area contributed by atoms with Gasteiger partial charge >= 0.3 is 5.97 Å². The third-order valence-corrected chi connectivity index (χ3v) is 2.17. The van der Waals surface area contributed by atoms with E-state index in [2.05, 4.69) is 4.74 Å². The Morgan fingerprint density at radius 1 is 1.53 bits per heavy atom. The van der Waals surface area contributed by atoms with Crippen LogP contribution in [0.5, 0.6) is 0 Å². The van der Waals surface area contributed by atoms with Crippen LogP contribution in [0.3, 0.4) is 0 Å². The first-order valence-corrected chi connectivity index (χ1v) is 4.41. The van der Waals surface area contributed by atoms with Gasteiger partial charge < -0.3 is 29.9 Å². The molecule has 88 valence electrons. The summed E-state index contributed by atoms with van der Waals surface area (Å²) in [5.74, 6) is -2.83. The molecule has 1 aliphatic rings. The summed E-state index contributed by atoms with van der Waals surface area (Å²) in [6.07, 6.45) is -4.56. The van der Waals surface area contributed by atoms with E-state index in [4.69, 9.17) is 9.84 Å². The number of hydrogen-bond donors (Lipinski definition) is 4. The molecule has 0 saturated carbocycles. The lowest BCUT2D eigenvalue weighted by atomic mass is 9.97. The van der Waals surface area contributed by atoms with Gasteiger partial charge in [-0.3, -0.25) is 4.79 Å². The predicted octanol–water partition coefficient (Wildman–Crippen LogP) is -2.65. The van der Waals surface area contributed by atoms with Gasteiger partial charge in [0.25, 0.3) is 0 Å². The predicted molar refractivity (Wildman–Crippen MR) is 45.6 cm³/mol. The average Bonchev–Trinajstić information content (AvgIpc) is 2.19. The molecule has 0 amide bonds. The Hall–Kier alpha value is -0.730. The maximum atomic E-state index is 10.5. The lowest BCUT2D eigenvalue weighted by molar-refractivity contribution is -0.332. The van der Waals surface area contributed by atoms with Crippen LogP contribution in [-0.2, 0) is 14.3 Å². The molecular weight excluding hydrogens is 208 g/mol. The molecule has 1 aliphatic heterocycles. The fourth-order valence-electron chi connectivity index (χ4n) is 1.22. The van der Waals surface area contributed by atoms with E-state index in [9.17, 15) is 20.1 Å². The van der Waals surface area contributed by atoms with E-state index in [1.54, 1.807) is 0 Å². The van der Waals surface area contributed by atoms with Crippen molar-refractivity contribution in [1.29, 1.82) is 0 Å². The first-order chi connectivity index (χ1) is 6.87. The Labute approximate surface area is 85.9 Å². The summed E-state index contributed by atoms with van der Waals surface area (Å²) in [5.41, 5.74) is 0. The van der Waals surface area contributed by atoms with Gasteiger partial charge in [0, 0.05) is 6.92 Å². The van der Waals surface area contributed by atoms with Crippen LogP contribution in [0.2, 0.25) is 0 Å². The summed E-state index contributed by atoms with van der Waals surface area (Å²) in [7, 11) is 0. The Kier molecular flexibility index (Phi) is 3.63. The number of ether oxygens (including phenoxy) is 2. The van der Waals surface area contributed by atoms with E-state index >= 15 is 0 Å². The zero-order chi connectivity index (χ0) is 11.6. The molecule has 1 heterocycles. The fraction of sp³-hybridized carbons (Fsp3) is 0.875. The van der Waals surface area contributed by atoms with E-state index < -0.39 is 36.7 Å². The molecule has 7 nitrogen and oxygen atoms in total. The Bertz CT molecular complexity index is 243. The van der Waals surface area contributed by atoms with Crippen molar-refractivity contribution in [3.05, 3.63) is 0 Å². The van der Waals surface area contributed by atoms with Crippen LogP contribution in [0.15, 0.2) is 0 Å². The molecule has 0 aromatic carbocycles. The smallest absolute Gasteiger partial charge is 0.302 e. The van der Waals surface area contributed by atoms with Gasteiger partial charge in [-0.25, -0.2) is 0 Å². The zero-order valence-corrected chi connectivity index (χ0v) is 8.16. The Morgan fingerprint density at radius 2 is 2.13 bits per heavy atom. The highest BCUT2D eigenvalue weighted by Gasteiger charge is 2.49. The molecular formula is C8H14O7. The second-order valence-corrected chi connectivity index (χ2v) is 3.44. The van der Waals surface area contributed by atoms with Crippen molar-refractivity contribution in [2.75, 3.05) is 13.2 Å². The van der Waals surface area contributed by atoms with Crippen molar-refractivity contribution in [3.63, 3.8) is 0 Å². The van der Waals surface area contributed by atoms with Crippen LogP contribution < -0.4 is 0 Å². The van der Waals surface area contributed by atoms with Crippen molar-refractivity contribution in [2.45, 2.75) is 31.0 Å². The normalized spacial score (nSPS) is 41.3. The molecule has 0 aromatic rings. The van der Waals surface area contributed by atoms with Gasteiger partial charge in [-0.2, -0.15) is 0 Å². The first kappa shape index (κ1) is 12.3. The molecule has 1 fully saturated rings. The second-order valence-electron chi connectivity index (χ2n) is 3.44. The molecule has 4 N–H and O–H groups in total. The number of esters is 1. The minimum Gasteiger partial charge on any atom is -0.460 e. The number of aliphatic hydroxyl groups is 4. The largest absolute Gasteiger partial charge is 0.460 e. The minimum atomic E-state index is -2.18. The summed E-state index contributed by atoms with van der Waals surface area (Å²) in [4.78, 5) is 10.5. The van der Waals surface area contributed by atoms with Crippen molar-refractivity contribution < 1.29 is 34.7 Å². The fourth-order valence-corrected chi connectivity index (χ4v) is 1.22. The number of rotatable bonds is 2. The highest BCUT2D eigenvalue weighted by Crippen LogP contribution is 2.24. The quantitative estimate of drug-likeness (QED) is 0.377. The first-order valence-electron chi connectivity index (χ1n) is 4.41. The van der Waals surface area contributed by atoms with Crippen LogP contribution in [0.25, 0.3) is 0 Å². The molecule has 4 atom stereocenters.